The molecule has 0 unspecified atom stereocenters. The fraction of sp³-hybridized carbons (Fsp3) is 0.286. The molecule has 1 heterocycles. The van der Waals surface area contributed by atoms with Crippen LogP contribution in [0, 0.1) is 5.82 Å². The van der Waals surface area contributed by atoms with E-state index in [1.807, 2.05) is 6.92 Å². The Kier molecular flexibility index (Phi) is 4.42. The second kappa shape index (κ2) is 6.25. The maximum absolute atomic E-state index is 13.7. The van der Waals surface area contributed by atoms with Gasteiger partial charge in [0.05, 0.1) is 12.3 Å². The van der Waals surface area contributed by atoms with Crippen molar-refractivity contribution in [3.05, 3.63) is 35.9 Å². The lowest BCUT2D eigenvalue weighted by atomic mass is 10.2. The molecule has 6 nitrogen and oxygen atoms in total. The number of carbonyl (C=O) groups is 1. The predicted molar refractivity (Wildman–Crippen MR) is 77.8 cm³/mol. The molecule has 2 aromatic rings. The number of nitrogens with one attached hydrogen (secondary N) is 1. The van der Waals surface area contributed by atoms with Crippen LogP contribution >= 0.6 is 0 Å². The molecule has 0 aliphatic heterocycles. The molecule has 0 atom stereocenters. The molecular weight excluding hydrogens is 275 g/mol. The second-order valence-corrected chi connectivity index (χ2v) is 4.32. The summed E-state index contributed by atoms with van der Waals surface area (Å²) in [7, 11) is 0. The molecule has 1 aromatic carbocycles. The summed E-state index contributed by atoms with van der Waals surface area (Å²) >= 11 is 0. The van der Waals surface area contributed by atoms with E-state index in [1.54, 1.807) is 23.9 Å². The Morgan fingerprint density at radius 2 is 2.24 bits per heavy atom. The first kappa shape index (κ1) is 14.8. The van der Waals surface area contributed by atoms with E-state index in [9.17, 15) is 9.18 Å². The molecule has 0 spiro atoms. The van der Waals surface area contributed by atoms with Crippen LogP contribution in [0.4, 0.5) is 15.8 Å². The summed E-state index contributed by atoms with van der Waals surface area (Å²) in [5.41, 5.74) is 6.43. The number of aromatic nitrogens is 2. The zero-order chi connectivity index (χ0) is 15.4. The molecular formula is C14H17FN4O2. The van der Waals surface area contributed by atoms with E-state index in [0.29, 0.717) is 18.8 Å². The van der Waals surface area contributed by atoms with E-state index in [4.69, 9.17) is 10.5 Å². The third kappa shape index (κ3) is 3.31. The number of hydrogen-bond acceptors (Lipinski definition) is 4. The number of nitrogens with zero attached hydrogens (tertiary/aromatic N) is 2. The van der Waals surface area contributed by atoms with Crippen molar-refractivity contribution < 1.29 is 13.9 Å². The Labute approximate surface area is 121 Å². The summed E-state index contributed by atoms with van der Waals surface area (Å²) in [4.78, 5) is 12.1. The molecule has 7 heteroatoms. The van der Waals surface area contributed by atoms with Crippen LogP contribution in [0.3, 0.4) is 0 Å². The zero-order valence-electron chi connectivity index (χ0n) is 11.9. The van der Waals surface area contributed by atoms with Crippen molar-refractivity contribution >= 4 is 17.3 Å². The Bertz CT molecular complexity index is 654. The van der Waals surface area contributed by atoms with Gasteiger partial charge in [-0.05, 0) is 26.0 Å². The number of nitrogen functional groups attached to an aromatic ring is 1. The number of anilines is 2. The average Bonchev–Trinajstić information content (AvgIpc) is 2.83. The van der Waals surface area contributed by atoms with Gasteiger partial charge in [0.2, 0.25) is 0 Å². The van der Waals surface area contributed by atoms with Gasteiger partial charge < -0.3 is 15.8 Å². The SMILES string of the molecule is CCOc1ccc(NC(=O)c2nn(CC)cc2N)cc1F. The van der Waals surface area contributed by atoms with Crippen molar-refractivity contribution in [1.29, 1.82) is 0 Å². The number of nitrogens with two attached hydrogens (primary N) is 1. The molecule has 112 valence electrons. The highest BCUT2D eigenvalue weighted by Gasteiger charge is 2.15. The number of halogens is 1. The number of amides is 1. The van der Waals surface area contributed by atoms with E-state index in [1.165, 1.54) is 12.1 Å². The Morgan fingerprint density at radius 3 is 2.81 bits per heavy atom. The highest BCUT2D eigenvalue weighted by atomic mass is 19.1. The minimum absolute atomic E-state index is 0.117. The van der Waals surface area contributed by atoms with Gasteiger partial charge in [-0.15, -0.1) is 0 Å². The second-order valence-electron chi connectivity index (χ2n) is 4.32. The number of rotatable bonds is 5. The van der Waals surface area contributed by atoms with Gasteiger partial charge in [-0.25, -0.2) is 4.39 Å². The molecule has 0 aliphatic carbocycles. The molecule has 1 aromatic heterocycles. The van der Waals surface area contributed by atoms with Crippen molar-refractivity contribution in [2.75, 3.05) is 17.7 Å². The number of carbonyl (C=O) groups excluding carboxylic acids is 1. The van der Waals surface area contributed by atoms with Crippen LogP contribution in [-0.2, 0) is 6.54 Å². The van der Waals surface area contributed by atoms with Crippen molar-refractivity contribution in [3.8, 4) is 5.75 Å². The van der Waals surface area contributed by atoms with Crippen LogP contribution in [0.5, 0.6) is 5.75 Å². The maximum atomic E-state index is 13.7. The lowest BCUT2D eigenvalue weighted by Crippen LogP contribution is -2.15. The monoisotopic (exact) mass is 292 g/mol. The van der Waals surface area contributed by atoms with Gasteiger partial charge in [-0.1, -0.05) is 0 Å². The molecule has 1 amide bonds. The first-order valence-corrected chi connectivity index (χ1v) is 6.61. The third-order valence-electron chi connectivity index (χ3n) is 2.82. The summed E-state index contributed by atoms with van der Waals surface area (Å²) < 4.78 is 20.4. The molecule has 0 fully saturated rings. The van der Waals surface area contributed by atoms with Gasteiger partial charge in [0.15, 0.2) is 17.3 Å². The van der Waals surface area contributed by atoms with Gasteiger partial charge in [-0.3, -0.25) is 9.48 Å². The first-order valence-electron chi connectivity index (χ1n) is 6.61. The third-order valence-corrected chi connectivity index (χ3v) is 2.82. The van der Waals surface area contributed by atoms with Crippen molar-refractivity contribution in [2.45, 2.75) is 20.4 Å². The smallest absolute Gasteiger partial charge is 0.278 e. The number of ether oxygens (including phenoxy) is 1. The number of aryl methyl sites for hydroxylation is 1. The van der Waals surface area contributed by atoms with Gasteiger partial charge in [-0.2, -0.15) is 5.10 Å². The number of benzene rings is 1. The molecule has 0 radical (unpaired) electrons. The zero-order valence-corrected chi connectivity index (χ0v) is 11.9. The predicted octanol–water partition coefficient (Wildman–Crippen LogP) is 2.28. The van der Waals surface area contributed by atoms with E-state index < -0.39 is 11.7 Å². The Hall–Kier alpha value is -2.57. The van der Waals surface area contributed by atoms with Crippen molar-refractivity contribution in [3.63, 3.8) is 0 Å². The molecule has 0 saturated heterocycles. The van der Waals surface area contributed by atoms with Crippen molar-refractivity contribution in [1.82, 2.24) is 9.78 Å². The quantitative estimate of drug-likeness (QED) is 0.885. The van der Waals surface area contributed by atoms with Gasteiger partial charge >= 0.3 is 0 Å². The Balaban J connectivity index is 2.15. The minimum atomic E-state index is -0.540. The maximum Gasteiger partial charge on any atom is 0.278 e. The highest BCUT2D eigenvalue weighted by Crippen LogP contribution is 2.22. The van der Waals surface area contributed by atoms with Gasteiger partial charge in [0, 0.05) is 24.5 Å². The molecule has 3 N–H and O–H groups in total. The topological polar surface area (TPSA) is 82.2 Å². The fourth-order valence-electron chi connectivity index (χ4n) is 1.82. The van der Waals surface area contributed by atoms with Crippen LogP contribution in [-0.4, -0.2) is 22.3 Å². The van der Waals surface area contributed by atoms with E-state index in [-0.39, 0.29) is 17.1 Å². The van der Waals surface area contributed by atoms with Crippen LogP contribution < -0.4 is 15.8 Å². The Morgan fingerprint density at radius 1 is 1.48 bits per heavy atom. The molecule has 21 heavy (non-hydrogen) atoms. The average molecular weight is 292 g/mol. The largest absolute Gasteiger partial charge is 0.491 e. The van der Waals surface area contributed by atoms with Gasteiger partial charge in [0.25, 0.3) is 5.91 Å². The first-order chi connectivity index (χ1) is 10.0. The normalized spacial score (nSPS) is 10.4. The summed E-state index contributed by atoms with van der Waals surface area (Å²) in [5.74, 6) is -0.879. The standard InChI is InChI=1S/C14H17FN4O2/c1-3-19-8-11(16)13(18-19)14(20)17-9-5-6-12(21-4-2)10(15)7-9/h5-8H,3-4,16H2,1-2H3,(H,17,20). The van der Waals surface area contributed by atoms with Gasteiger partial charge in [0.1, 0.15) is 0 Å². The molecule has 2 rings (SSSR count). The molecule has 0 bridgehead atoms. The lowest BCUT2D eigenvalue weighted by molar-refractivity contribution is 0.102. The summed E-state index contributed by atoms with van der Waals surface area (Å²) in [6.07, 6.45) is 1.58. The summed E-state index contributed by atoms with van der Waals surface area (Å²) in [6.45, 7) is 4.63. The van der Waals surface area contributed by atoms with E-state index in [0.717, 1.165) is 0 Å². The molecule has 0 saturated carbocycles. The fourth-order valence-corrected chi connectivity index (χ4v) is 1.82. The number of hydrogen-bond donors (Lipinski definition) is 2. The van der Waals surface area contributed by atoms with Crippen LogP contribution in [0.25, 0.3) is 0 Å². The van der Waals surface area contributed by atoms with Crippen molar-refractivity contribution in [2.24, 2.45) is 0 Å². The van der Waals surface area contributed by atoms with E-state index in [2.05, 4.69) is 10.4 Å². The molecule has 0 aliphatic rings. The summed E-state index contributed by atoms with van der Waals surface area (Å²) in [5, 5.41) is 6.61. The van der Waals surface area contributed by atoms with Crippen LogP contribution in [0.1, 0.15) is 24.3 Å². The van der Waals surface area contributed by atoms with E-state index >= 15 is 0 Å². The minimum Gasteiger partial charge on any atom is -0.491 e. The lowest BCUT2D eigenvalue weighted by Gasteiger charge is -2.07. The van der Waals surface area contributed by atoms with Crippen LogP contribution in [0.2, 0.25) is 0 Å². The summed E-state index contributed by atoms with van der Waals surface area (Å²) in [6, 6.07) is 4.21. The highest BCUT2D eigenvalue weighted by molar-refractivity contribution is 6.06. The van der Waals surface area contributed by atoms with Crippen LogP contribution in [0.15, 0.2) is 24.4 Å².